The Labute approximate surface area is 338 Å². The number of benzene rings is 2. The fourth-order valence-corrected chi connectivity index (χ4v) is 9.56. The van der Waals surface area contributed by atoms with E-state index in [0.717, 1.165) is 45.0 Å². The zero-order chi connectivity index (χ0) is 39.8. The molecule has 2 unspecified atom stereocenters. The largest absolute Gasteiger partial charge is 0.507 e. The van der Waals surface area contributed by atoms with Crippen LogP contribution >= 0.6 is 22.7 Å². The Kier molecular flexibility index (Phi) is 11.1. The fourth-order valence-electron chi connectivity index (χ4n) is 7.71. The normalized spacial score (nSPS) is 18.5. The molecule has 3 N–H and O–H groups in total. The van der Waals surface area contributed by atoms with Crippen LogP contribution in [-0.2, 0) is 9.59 Å². The second kappa shape index (κ2) is 16.3. The molecule has 0 aliphatic carbocycles. The van der Waals surface area contributed by atoms with E-state index in [9.17, 15) is 19.8 Å². The highest BCUT2D eigenvalue weighted by molar-refractivity contribution is 7.18. The van der Waals surface area contributed by atoms with Crippen molar-refractivity contribution in [3.8, 4) is 33.3 Å². The minimum atomic E-state index is -0.823. The van der Waals surface area contributed by atoms with Crippen molar-refractivity contribution in [2.24, 2.45) is 5.92 Å². The summed E-state index contributed by atoms with van der Waals surface area (Å²) in [7, 11) is 0. The fraction of sp³-hybridized carbons (Fsp3) is 0.381. The lowest BCUT2D eigenvalue weighted by Gasteiger charge is -2.38. The third kappa shape index (κ3) is 8.15. The van der Waals surface area contributed by atoms with Gasteiger partial charge in [0.15, 0.2) is 5.76 Å². The Morgan fingerprint density at radius 3 is 2.56 bits per heavy atom. The number of aromatic nitrogens is 4. The number of carbonyl (C=O) groups is 2. The molecule has 296 valence electrons. The number of hydrogen-bond acceptors (Lipinski definition) is 13. The number of phenols is 1. The average Bonchev–Trinajstić information content (AvgIpc) is 3.99. The lowest BCUT2D eigenvalue weighted by atomic mass is 9.91. The van der Waals surface area contributed by atoms with Crippen LogP contribution in [0.25, 0.3) is 31.9 Å². The van der Waals surface area contributed by atoms with Gasteiger partial charge in [-0.2, -0.15) is 0 Å². The minimum Gasteiger partial charge on any atom is -0.507 e. The van der Waals surface area contributed by atoms with E-state index in [4.69, 9.17) is 9.26 Å². The van der Waals surface area contributed by atoms with Crippen molar-refractivity contribution in [2.45, 2.75) is 64.1 Å². The number of fused-ring (bicyclic) bond motifs is 1. The van der Waals surface area contributed by atoms with Crippen LogP contribution in [0.5, 0.6) is 11.6 Å². The van der Waals surface area contributed by atoms with Gasteiger partial charge in [0.25, 0.3) is 5.88 Å². The van der Waals surface area contributed by atoms with Gasteiger partial charge in [-0.05, 0) is 60.3 Å². The summed E-state index contributed by atoms with van der Waals surface area (Å²) >= 11 is 3.24. The number of amides is 2. The molecule has 0 radical (unpaired) electrons. The smallest absolute Gasteiger partial charge is 0.254 e. The minimum absolute atomic E-state index is 0.0555. The molecule has 0 bridgehead atoms. The Bertz CT molecular complexity index is 2370. The van der Waals surface area contributed by atoms with Gasteiger partial charge in [0.2, 0.25) is 11.8 Å². The number of aliphatic hydroxyl groups excluding tert-OH is 1. The molecule has 2 aliphatic rings. The third-order valence-electron chi connectivity index (χ3n) is 10.9. The van der Waals surface area contributed by atoms with Crippen LogP contribution in [0.3, 0.4) is 0 Å². The zero-order valence-corrected chi connectivity index (χ0v) is 33.8. The summed E-state index contributed by atoms with van der Waals surface area (Å²) in [6, 6.07) is 19.8. The van der Waals surface area contributed by atoms with Gasteiger partial charge in [-0.25, -0.2) is 4.98 Å². The van der Waals surface area contributed by atoms with E-state index in [1.165, 1.54) is 9.78 Å². The Morgan fingerprint density at radius 2 is 1.82 bits per heavy atom. The molecule has 4 atom stereocenters. The number of ether oxygens (including phenoxy) is 1. The first-order chi connectivity index (χ1) is 27.5. The SMILES string of the molecule is Cc1ncsc1-c1ccc(C(C)NC(=O)[C@@H]2C[C@@H](O)CN2C(=O)C(c2cc(OCCN3CC(c4cc5cc(-c6ccccc6O)nnc5s4)C3)no2)C(C)C)cc1. The van der Waals surface area contributed by atoms with Crippen molar-refractivity contribution >= 4 is 44.7 Å². The van der Waals surface area contributed by atoms with Gasteiger partial charge in [0, 0.05) is 60.4 Å². The van der Waals surface area contributed by atoms with Crippen molar-refractivity contribution in [3.63, 3.8) is 0 Å². The molecule has 2 aliphatic heterocycles. The number of nitrogens with one attached hydrogen (secondary N) is 1. The number of para-hydroxylation sites is 1. The molecule has 13 nitrogen and oxygen atoms in total. The number of β-amino-alcohol motifs (C(OH)–C–C–N with tert-alkyl or cyclic N) is 1. The molecule has 15 heteroatoms. The standard InChI is InChI=1S/C42H45N7O6S2/c1-23(2)38(42(53)49-21-30(50)17-33(49)40(52)44-24(3)26-9-11-27(12-10-26)39-25(4)43-22-56-39)35-18-37(47-55-35)54-14-13-48-19-29(20-48)36-16-28-15-32(45-46-41(28)57-36)31-7-5-6-8-34(31)51/h5-12,15-16,18,22-24,29-30,33,38,50-51H,13-14,17,19-21H2,1-4H3,(H,44,52)/t24?,30-,33+,38?/m1/s1. The summed E-state index contributed by atoms with van der Waals surface area (Å²) in [6.07, 6.45) is -0.668. The maximum absolute atomic E-state index is 14.1. The molecule has 6 aromatic rings. The van der Waals surface area contributed by atoms with Gasteiger partial charge in [0.1, 0.15) is 29.1 Å². The predicted molar refractivity (Wildman–Crippen MR) is 218 cm³/mol. The molecule has 57 heavy (non-hydrogen) atoms. The number of nitrogens with zero attached hydrogens (tertiary/aromatic N) is 6. The molecule has 2 aromatic carbocycles. The highest BCUT2D eigenvalue weighted by Gasteiger charge is 2.43. The van der Waals surface area contributed by atoms with Crippen molar-refractivity contribution in [1.82, 2.24) is 35.5 Å². The first-order valence-electron chi connectivity index (χ1n) is 19.2. The van der Waals surface area contributed by atoms with E-state index in [-0.39, 0.29) is 42.5 Å². The van der Waals surface area contributed by atoms with Crippen molar-refractivity contribution in [2.75, 3.05) is 32.8 Å². The Morgan fingerprint density at radius 1 is 1.04 bits per heavy atom. The summed E-state index contributed by atoms with van der Waals surface area (Å²) < 4.78 is 11.6. The van der Waals surface area contributed by atoms with Crippen LogP contribution in [0.2, 0.25) is 0 Å². The topological polar surface area (TPSA) is 167 Å². The van der Waals surface area contributed by atoms with Crippen LogP contribution in [-0.4, -0.2) is 97.1 Å². The molecular formula is C42H45N7O6S2. The number of aliphatic hydroxyl groups is 1. The molecule has 0 spiro atoms. The molecule has 4 aromatic heterocycles. The van der Waals surface area contributed by atoms with Crippen LogP contribution in [0, 0.1) is 12.8 Å². The van der Waals surface area contributed by atoms with Crippen LogP contribution in [0.15, 0.2) is 76.8 Å². The van der Waals surface area contributed by atoms with Gasteiger partial charge < -0.3 is 29.7 Å². The van der Waals surface area contributed by atoms with Crippen LogP contribution in [0.4, 0.5) is 0 Å². The second-order valence-electron chi connectivity index (χ2n) is 15.3. The van der Waals surface area contributed by atoms with Crippen molar-refractivity contribution in [1.29, 1.82) is 0 Å². The van der Waals surface area contributed by atoms with Gasteiger partial charge in [-0.3, -0.25) is 14.5 Å². The third-order valence-corrected chi connectivity index (χ3v) is 13.1. The Hall–Kier alpha value is -5.22. The maximum atomic E-state index is 14.1. The number of phenolic OH excluding ortho intramolecular Hbond substituents is 1. The lowest BCUT2D eigenvalue weighted by molar-refractivity contribution is -0.141. The number of aromatic hydroxyl groups is 1. The molecule has 0 saturated carbocycles. The van der Waals surface area contributed by atoms with Gasteiger partial charge in [-0.15, -0.1) is 32.9 Å². The second-order valence-corrected chi connectivity index (χ2v) is 17.2. The highest BCUT2D eigenvalue weighted by atomic mass is 32.1. The average molecular weight is 808 g/mol. The number of aryl methyl sites for hydroxylation is 1. The monoisotopic (exact) mass is 807 g/mol. The van der Waals surface area contributed by atoms with E-state index in [1.807, 2.05) is 75.7 Å². The summed E-state index contributed by atoms with van der Waals surface area (Å²) in [5.41, 5.74) is 6.11. The number of likely N-dealkylation sites (tertiary alicyclic amines) is 2. The molecule has 2 saturated heterocycles. The summed E-state index contributed by atoms with van der Waals surface area (Å²) in [5, 5.41) is 37.8. The first kappa shape index (κ1) is 38.6. The highest BCUT2D eigenvalue weighted by Crippen LogP contribution is 2.37. The van der Waals surface area contributed by atoms with Gasteiger partial charge in [-0.1, -0.05) is 50.2 Å². The van der Waals surface area contributed by atoms with Crippen molar-refractivity contribution < 1.29 is 29.1 Å². The van der Waals surface area contributed by atoms with Crippen molar-refractivity contribution in [3.05, 3.63) is 94.1 Å². The van der Waals surface area contributed by atoms with Crippen LogP contribution in [0.1, 0.15) is 67.0 Å². The number of thiazole rings is 1. The number of hydrogen-bond donors (Lipinski definition) is 3. The van der Waals surface area contributed by atoms with E-state index in [2.05, 4.69) is 36.6 Å². The molecule has 2 fully saturated rings. The first-order valence-corrected chi connectivity index (χ1v) is 20.9. The maximum Gasteiger partial charge on any atom is 0.254 e. The summed E-state index contributed by atoms with van der Waals surface area (Å²) in [4.78, 5) is 39.1. The van der Waals surface area contributed by atoms with E-state index >= 15 is 0 Å². The number of carbonyl (C=O) groups excluding carboxylic acids is 2. The number of rotatable bonds is 13. The van der Waals surface area contributed by atoms with Gasteiger partial charge in [0.05, 0.1) is 33.9 Å². The predicted octanol–water partition coefficient (Wildman–Crippen LogP) is 6.54. The Balaban J connectivity index is 0.838. The molecule has 2 amide bonds. The molecule has 8 rings (SSSR count). The lowest BCUT2D eigenvalue weighted by Crippen LogP contribution is -2.48. The van der Waals surface area contributed by atoms with E-state index < -0.39 is 18.1 Å². The van der Waals surface area contributed by atoms with Crippen LogP contribution < -0.4 is 10.1 Å². The van der Waals surface area contributed by atoms with E-state index in [1.54, 1.807) is 40.9 Å². The quantitative estimate of drug-likeness (QED) is 0.116. The number of thiophene rings is 1. The molecule has 6 heterocycles. The van der Waals surface area contributed by atoms with Gasteiger partial charge >= 0.3 is 0 Å². The molecular weight excluding hydrogens is 763 g/mol. The zero-order valence-electron chi connectivity index (χ0n) is 32.2. The van der Waals surface area contributed by atoms with E-state index in [0.29, 0.717) is 42.0 Å². The summed E-state index contributed by atoms with van der Waals surface area (Å²) in [5.74, 6) is -0.276. The summed E-state index contributed by atoms with van der Waals surface area (Å²) in [6.45, 7) is 10.7.